The van der Waals surface area contributed by atoms with E-state index in [-0.39, 0.29) is 19.0 Å². The number of carbonyl (C=O) groups is 4. The predicted molar refractivity (Wildman–Crippen MR) is 112 cm³/mol. The van der Waals surface area contributed by atoms with Crippen LogP contribution in [-0.4, -0.2) is 41.7 Å². The second-order valence-electron chi connectivity index (χ2n) is 7.15. The fourth-order valence-corrected chi connectivity index (χ4v) is 3.43. The quantitative estimate of drug-likeness (QED) is 0.665. The van der Waals surface area contributed by atoms with Gasteiger partial charge in [0.15, 0.2) is 0 Å². The average Bonchev–Trinajstić information content (AvgIpc) is 3.04. The Morgan fingerprint density at radius 3 is 2.60 bits per heavy atom. The van der Waals surface area contributed by atoms with Crippen LogP contribution in [0.5, 0.6) is 0 Å². The fourth-order valence-electron chi connectivity index (χ4n) is 3.43. The smallest absolute Gasteiger partial charge is 0.324 e. The number of imide groups is 1. The first-order valence-electron chi connectivity index (χ1n) is 9.57. The third-order valence-corrected chi connectivity index (χ3v) is 4.89. The Morgan fingerprint density at radius 2 is 1.83 bits per heavy atom. The predicted octanol–water partition coefficient (Wildman–Crippen LogP) is 2.39. The summed E-state index contributed by atoms with van der Waals surface area (Å²) in [7, 11) is 0. The van der Waals surface area contributed by atoms with Gasteiger partial charge < -0.3 is 15.5 Å². The van der Waals surface area contributed by atoms with E-state index < -0.39 is 17.8 Å². The van der Waals surface area contributed by atoms with E-state index in [9.17, 15) is 19.2 Å². The van der Waals surface area contributed by atoms with Gasteiger partial charge in [-0.2, -0.15) is 0 Å². The molecule has 0 radical (unpaired) electrons. The topological polar surface area (TPSA) is 108 Å². The van der Waals surface area contributed by atoms with Gasteiger partial charge in [0.05, 0.1) is 0 Å². The van der Waals surface area contributed by atoms with Crippen LogP contribution >= 0.6 is 0 Å². The van der Waals surface area contributed by atoms with Crippen LogP contribution in [0.25, 0.3) is 6.08 Å². The molecule has 8 heteroatoms. The van der Waals surface area contributed by atoms with E-state index in [1.165, 1.54) is 5.56 Å². The van der Waals surface area contributed by atoms with Crippen molar-refractivity contribution in [2.45, 2.75) is 12.8 Å². The standard InChI is InChI=1S/C22H20N4O4/c27-19(12-26-13-20(28)25-22(26)30)23-17-6-3-7-18(11-17)24-21(29)16-9-8-14-4-1-2-5-15(14)10-16/h2-3,5-11H,1,4,12-13H2,(H,23,27)(H,24,29)(H,25,28,30). The molecule has 2 aromatic carbocycles. The highest BCUT2D eigenvalue weighted by Gasteiger charge is 2.28. The molecule has 4 rings (SSSR count). The van der Waals surface area contributed by atoms with Crippen LogP contribution in [0.15, 0.2) is 48.5 Å². The largest absolute Gasteiger partial charge is 0.325 e. The number of benzene rings is 2. The molecule has 0 bridgehead atoms. The second-order valence-corrected chi connectivity index (χ2v) is 7.15. The minimum absolute atomic E-state index is 0.141. The average molecular weight is 404 g/mol. The van der Waals surface area contributed by atoms with Crippen molar-refractivity contribution in [3.63, 3.8) is 0 Å². The molecule has 8 nitrogen and oxygen atoms in total. The number of nitrogens with one attached hydrogen (secondary N) is 3. The van der Waals surface area contributed by atoms with Gasteiger partial charge in [-0.05, 0) is 54.3 Å². The van der Waals surface area contributed by atoms with Crippen LogP contribution in [0, 0.1) is 0 Å². The first kappa shape index (κ1) is 19.4. The molecule has 0 aromatic heterocycles. The van der Waals surface area contributed by atoms with Crippen molar-refractivity contribution in [2.75, 3.05) is 23.7 Å². The lowest BCUT2D eigenvalue weighted by Crippen LogP contribution is -2.35. The van der Waals surface area contributed by atoms with E-state index >= 15 is 0 Å². The van der Waals surface area contributed by atoms with Gasteiger partial charge in [-0.25, -0.2) is 4.79 Å². The molecule has 2 aromatic rings. The van der Waals surface area contributed by atoms with Crippen LogP contribution < -0.4 is 16.0 Å². The molecule has 5 amide bonds. The van der Waals surface area contributed by atoms with Gasteiger partial charge in [-0.3, -0.25) is 19.7 Å². The molecule has 1 aliphatic carbocycles. The number of carbonyl (C=O) groups excluding carboxylic acids is 4. The van der Waals surface area contributed by atoms with Crippen molar-refractivity contribution >= 4 is 41.2 Å². The van der Waals surface area contributed by atoms with Crippen molar-refractivity contribution in [3.8, 4) is 0 Å². The number of hydrogen-bond donors (Lipinski definition) is 3. The van der Waals surface area contributed by atoms with E-state index in [4.69, 9.17) is 0 Å². The van der Waals surface area contributed by atoms with Crippen molar-refractivity contribution in [1.29, 1.82) is 0 Å². The Balaban J connectivity index is 1.39. The maximum absolute atomic E-state index is 12.6. The van der Waals surface area contributed by atoms with Gasteiger partial charge in [0.1, 0.15) is 13.1 Å². The summed E-state index contributed by atoms with van der Waals surface area (Å²) in [5, 5.41) is 7.61. The van der Waals surface area contributed by atoms with Gasteiger partial charge in [-0.1, -0.05) is 24.3 Å². The summed E-state index contributed by atoms with van der Waals surface area (Å²) in [6, 6.07) is 11.8. The van der Waals surface area contributed by atoms with Crippen LogP contribution in [-0.2, 0) is 16.0 Å². The maximum Gasteiger partial charge on any atom is 0.325 e. The van der Waals surface area contributed by atoms with Crippen LogP contribution in [0.4, 0.5) is 16.2 Å². The minimum atomic E-state index is -0.587. The zero-order chi connectivity index (χ0) is 21.1. The van der Waals surface area contributed by atoms with Gasteiger partial charge in [-0.15, -0.1) is 0 Å². The highest BCUT2D eigenvalue weighted by Crippen LogP contribution is 2.22. The van der Waals surface area contributed by atoms with E-state index in [0.717, 1.165) is 23.3 Å². The van der Waals surface area contributed by atoms with Crippen LogP contribution in [0.2, 0.25) is 0 Å². The molecule has 0 atom stereocenters. The van der Waals surface area contributed by atoms with Crippen molar-refractivity contribution in [2.24, 2.45) is 0 Å². The summed E-state index contributed by atoms with van der Waals surface area (Å²) in [6.07, 6.45) is 6.11. The second kappa shape index (κ2) is 8.20. The highest BCUT2D eigenvalue weighted by molar-refractivity contribution is 6.06. The van der Waals surface area contributed by atoms with Crippen molar-refractivity contribution in [1.82, 2.24) is 10.2 Å². The van der Waals surface area contributed by atoms with E-state index in [1.807, 2.05) is 18.2 Å². The summed E-state index contributed by atoms with van der Waals surface area (Å²) in [5.41, 5.74) is 3.84. The monoisotopic (exact) mass is 404 g/mol. The molecule has 0 unspecified atom stereocenters. The van der Waals surface area contributed by atoms with Crippen molar-refractivity contribution < 1.29 is 19.2 Å². The molecule has 0 saturated carbocycles. The number of allylic oxidation sites excluding steroid dienone is 1. The number of urea groups is 1. The van der Waals surface area contributed by atoms with Gasteiger partial charge >= 0.3 is 6.03 Å². The van der Waals surface area contributed by atoms with Gasteiger partial charge in [0, 0.05) is 16.9 Å². The third kappa shape index (κ3) is 4.38. The molecule has 1 fully saturated rings. The summed E-state index contributed by atoms with van der Waals surface area (Å²) in [6.45, 7) is -0.380. The van der Waals surface area contributed by atoms with Crippen LogP contribution in [0.3, 0.4) is 0 Å². The lowest BCUT2D eigenvalue weighted by atomic mass is 9.95. The number of anilines is 2. The van der Waals surface area contributed by atoms with E-state index in [1.54, 1.807) is 30.3 Å². The lowest BCUT2D eigenvalue weighted by molar-refractivity contribution is -0.119. The summed E-state index contributed by atoms with van der Waals surface area (Å²) in [4.78, 5) is 48.7. The van der Waals surface area contributed by atoms with E-state index in [0.29, 0.717) is 16.9 Å². The fraction of sp³-hybridized carbons (Fsp3) is 0.182. The maximum atomic E-state index is 12.6. The number of nitrogens with zero attached hydrogens (tertiary/aromatic N) is 1. The minimum Gasteiger partial charge on any atom is -0.324 e. The zero-order valence-electron chi connectivity index (χ0n) is 16.1. The summed E-state index contributed by atoms with van der Waals surface area (Å²) >= 11 is 0. The molecule has 30 heavy (non-hydrogen) atoms. The highest BCUT2D eigenvalue weighted by atomic mass is 16.2. The first-order chi connectivity index (χ1) is 14.5. The normalized spacial score (nSPS) is 14.9. The molecule has 152 valence electrons. The molecule has 1 saturated heterocycles. The molecular formula is C22H20N4O4. The van der Waals surface area contributed by atoms with Gasteiger partial charge in [0.2, 0.25) is 11.8 Å². The SMILES string of the molecule is O=C1CN(CC(=O)Nc2cccc(NC(=O)c3ccc4c(c3)C=CCC4)c2)C(=O)N1. The van der Waals surface area contributed by atoms with Crippen LogP contribution in [0.1, 0.15) is 27.9 Å². The summed E-state index contributed by atoms with van der Waals surface area (Å²) in [5.74, 6) is -1.12. The van der Waals surface area contributed by atoms with Crippen molar-refractivity contribution in [3.05, 3.63) is 65.2 Å². The molecule has 0 spiro atoms. The summed E-state index contributed by atoms with van der Waals surface area (Å²) < 4.78 is 0. The molecule has 1 aliphatic heterocycles. The Bertz CT molecular complexity index is 1080. The number of aryl methyl sites for hydroxylation is 1. The Hall–Kier alpha value is -3.94. The number of fused-ring (bicyclic) bond motifs is 1. The number of hydrogen-bond acceptors (Lipinski definition) is 4. The molecule has 3 N–H and O–H groups in total. The zero-order valence-corrected chi connectivity index (χ0v) is 16.1. The van der Waals surface area contributed by atoms with Gasteiger partial charge in [0.25, 0.3) is 5.91 Å². The van der Waals surface area contributed by atoms with E-state index in [2.05, 4.69) is 22.0 Å². The Labute approximate surface area is 172 Å². The molecular weight excluding hydrogens is 384 g/mol. The number of amides is 5. The Morgan fingerprint density at radius 1 is 1.03 bits per heavy atom. The lowest BCUT2D eigenvalue weighted by Gasteiger charge is -2.14. The Kier molecular flexibility index (Phi) is 5.30. The number of rotatable bonds is 5. The molecule has 2 aliphatic rings. The molecule has 1 heterocycles. The first-order valence-corrected chi connectivity index (χ1v) is 9.57. The third-order valence-electron chi connectivity index (χ3n) is 4.89.